The summed E-state index contributed by atoms with van der Waals surface area (Å²) >= 11 is 0. The number of rotatable bonds is 20. The first kappa shape index (κ1) is 28.4. The molecule has 5 nitrogen and oxygen atoms in total. The van der Waals surface area contributed by atoms with Gasteiger partial charge in [0.05, 0.1) is 0 Å². The second-order valence-electron chi connectivity index (χ2n) is 7.68. The lowest BCUT2D eigenvalue weighted by molar-refractivity contribution is -0.152. The van der Waals surface area contributed by atoms with Crippen LogP contribution in [0.4, 0.5) is 0 Å². The molecule has 0 fully saturated rings. The molecule has 0 aliphatic carbocycles. The predicted octanol–water partition coefficient (Wildman–Crippen LogP) is 6.31. The number of carbonyl (C=O) groups excluding carboxylic acids is 2. The van der Waals surface area contributed by atoms with E-state index in [-0.39, 0.29) is 25.2 Å². The van der Waals surface area contributed by atoms with Gasteiger partial charge in [-0.3, -0.25) is 9.59 Å². The summed E-state index contributed by atoms with van der Waals surface area (Å²) in [5.41, 5.74) is 0. The molecule has 0 N–H and O–H groups in total. The third-order valence-corrected chi connectivity index (χ3v) is 4.64. The van der Waals surface area contributed by atoms with Crippen LogP contribution in [0.25, 0.3) is 0 Å². The summed E-state index contributed by atoms with van der Waals surface area (Å²) in [6.45, 7) is 5.76. The van der Waals surface area contributed by atoms with Crippen LogP contribution in [-0.2, 0) is 23.8 Å². The van der Waals surface area contributed by atoms with E-state index in [1.807, 2.05) is 0 Å². The fraction of sp³-hybridized carbons (Fsp3) is 0.760. The highest BCUT2D eigenvalue weighted by Crippen LogP contribution is 2.09. The Kier molecular flexibility index (Phi) is 20.9. The molecule has 0 aromatic heterocycles. The Hall–Kier alpha value is -1.62. The highest BCUT2D eigenvalue weighted by atomic mass is 16.6. The zero-order valence-corrected chi connectivity index (χ0v) is 19.5. The van der Waals surface area contributed by atoms with Gasteiger partial charge in [0.25, 0.3) is 0 Å². The van der Waals surface area contributed by atoms with Gasteiger partial charge < -0.3 is 14.2 Å². The summed E-state index contributed by atoms with van der Waals surface area (Å²) in [6.07, 6.45) is 23.2. The molecule has 0 unspecified atom stereocenters. The molecule has 0 atom stereocenters. The van der Waals surface area contributed by atoms with E-state index < -0.39 is 6.10 Å². The van der Waals surface area contributed by atoms with Gasteiger partial charge in [-0.15, -0.1) is 0 Å². The van der Waals surface area contributed by atoms with Crippen LogP contribution in [0.5, 0.6) is 0 Å². The molecule has 0 aromatic rings. The minimum atomic E-state index is -0.393. The Labute approximate surface area is 184 Å². The molecule has 0 radical (unpaired) electrons. The van der Waals surface area contributed by atoms with E-state index in [1.165, 1.54) is 71.6 Å². The predicted molar refractivity (Wildman–Crippen MR) is 122 cm³/mol. The van der Waals surface area contributed by atoms with Crippen molar-refractivity contribution < 1.29 is 23.8 Å². The topological polar surface area (TPSA) is 61.8 Å². The van der Waals surface area contributed by atoms with E-state index in [0.717, 1.165) is 19.3 Å². The second-order valence-corrected chi connectivity index (χ2v) is 7.68. The summed E-state index contributed by atoms with van der Waals surface area (Å²) in [5.74, 6) is -0.722. The first-order valence-electron chi connectivity index (χ1n) is 11.7. The van der Waals surface area contributed by atoms with E-state index in [2.05, 4.69) is 31.2 Å². The fourth-order valence-electron chi connectivity index (χ4n) is 2.91. The quantitative estimate of drug-likeness (QED) is 0.130. The van der Waals surface area contributed by atoms with Crippen LogP contribution in [0.2, 0.25) is 0 Å². The van der Waals surface area contributed by atoms with Crippen LogP contribution in [0.1, 0.15) is 97.8 Å². The number of unbranched alkanes of at least 4 members (excludes halogenated alkanes) is 9. The molecule has 174 valence electrons. The van der Waals surface area contributed by atoms with Crippen molar-refractivity contribution in [3.63, 3.8) is 0 Å². The van der Waals surface area contributed by atoms with Gasteiger partial charge in [-0.1, -0.05) is 69.8 Å². The minimum absolute atomic E-state index is 0.116. The molecular formula is C25H44O5. The summed E-state index contributed by atoms with van der Waals surface area (Å²) in [4.78, 5) is 21.9. The molecule has 0 amide bonds. The van der Waals surface area contributed by atoms with Crippen molar-refractivity contribution in [1.29, 1.82) is 0 Å². The fourth-order valence-corrected chi connectivity index (χ4v) is 2.91. The normalized spacial score (nSPS) is 11.6. The van der Waals surface area contributed by atoms with Crippen molar-refractivity contribution in [2.45, 2.75) is 104 Å². The Balaban J connectivity index is 3.54. The number of esters is 2. The smallest absolute Gasteiger partial charge is 0.302 e. The van der Waals surface area contributed by atoms with E-state index in [0.29, 0.717) is 6.61 Å². The van der Waals surface area contributed by atoms with Crippen molar-refractivity contribution in [1.82, 2.24) is 0 Å². The molecule has 0 bridgehead atoms. The van der Waals surface area contributed by atoms with Crippen LogP contribution >= 0.6 is 0 Å². The Morgan fingerprint density at radius 3 is 1.73 bits per heavy atom. The minimum Gasteiger partial charge on any atom is -0.463 e. The van der Waals surface area contributed by atoms with Gasteiger partial charge in [-0.25, -0.2) is 0 Å². The van der Waals surface area contributed by atoms with Gasteiger partial charge >= 0.3 is 11.9 Å². The van der Waals surface area contributed by atoms with E-state index in [1.54, 1.807) is 0 Å². The lowest BCUT2D eigenvalue weighted by Crippen LogP contribution is -2.28. The highest BCUT2D eigenvalue weighted by Gasteiger charge is 2.13. The summed E-state index contributed by atoms with van der Waals surface area (Å²) < 4.78 is 15.6. The molecule has 0 saturated carbocycles. The van der Waals surface area contributed by atoms with Crippen LogP contribution in [-0.4, -0.2) is 37.9 Å². The number of carbonyl (C=O) groups is 2. The monoisotopic (exact) mass is 424 g/mol. The van der Waals surface area contributed by atoms with Crippen LogP contribution in [0.15, 0.2) is 24.3 Å². The van der Waals surface area contributed by atoms with Gasteiger partial charge in [0.2, 0.25) is 0 Å². The van der Waals surface area contributed by atoms with Crippen molar-refractivity contribution in [3.05, 3.63) is 24.3 Å². The summed E-state index contributed by atoms with van der Waals surface area (Å²) in [5, 5.41) is 0. The number of ether oxygens (including phenoxy) is 3. The second kappa shape index (κ2) is 22.1. The first-order valence-corrected chi connectivity index (χ1v) is 11.7. The molecule has 0 rings (SSSR count). The highest BCUT2D eigenvalue weighted by molar-refractivity contribution is 5.66. The summed E-state index contributed by atoms with van der Waals surface area (Å²) in [6, 6.07) is 0. The van der Waals surface area contributed by atoms with Gasteiger partial charge in [-0.05, 0) is 38.5 Å². The molecule has 30 heavy (non-hydrogen) atoms. The van der Waals surface area contributed by atoms with Crippen molar-refractivity contribution in [3.8, 4) is 0 Å². The third kappa shape index (κ3) is 22.7. The average molecular weight is 425 g/mol. The number of allylic oxidation sites excluding steroid dienone is 4. The molecule has 0 spiro atoms. The van der Waals surface area contributed by atoms with Crippen molar-refractivity contribution in [2.75, 3.05) is 19.8 Å². The standard InChI is InChI=1S/C25H44O5/c1-4-5-6-7-8-9-10-11-12-13-14-15-16-17-18-19-20-28-25(21-29-23(2)26)22-30-24(3)27/h8-9,11-12,25H,4-7,10,13-22H2,1-3H3/b9-8-,12-11-. The van der Waals surface area contributed by atoms with Crippen LogP contribution in [0.3, 0.4) is 0 Å². The van der Waals surface area contributed by atoms with Gasteiger partial charge in [0.1, 0.15) is 19.3 Å². The lowest BCUT2D eigenvalue weighted by atomic mass is 10.1. The van der Waals surface area contributed by atoms with Crippen LogP contribution in [0, 0.1) is 0 Å². The average Bonchev–Trinajstić information content (AvgIpc) is 2.71. The molecule has 0 aromatic carbocycles. The maximum absolute atomic E-state index is 10.9. The van der Waals surface area contributed by atoms with E-state index >= 15 is 0 Å². The Morgan fingerprint density at radius 1 is 0.700 bits per heavy atom. The number of hydrogen-bond donors (Lipinski definition) is 0. The van der Waals surface area contributed by atoms with E-state index in [4.69, 9.17) is 14.2 Å². The molecule has 0 saturated heterocycles. The molecule has 0 aliphatic heterocycles. The Morgan fingerprint density at radius 2 is 1.20 bits per heavy atom. The van der Waals surface area contributed by atoms with Gasteiger partial charge in [-0.2, -0.15) is 0 Å². The number of hydrogen-bond acceptors (Lipinski definition) is 5. The third-order valence-electron chi connectivity index (χ3n) is 4.64. The van der Waals surface area contributed by atoms with Crippen molar-refractivity contribution in [2.24, 2.45) is 0 Å². The SMILES string of the molecule is CCCCC/C=C\C/C=C\CCCCCCCCOC(COC(C)=O)COC(C)=O. The van der Waals surface area contributed by atoms with Crippen LogP contribution < -0.4 is 0 Å². The molecular weight excluding hydrogens is 380 g/mol. The van der Waals surface area contributed by atoms with E-state index in [9.17, 15) is 9.59 Å². The summed E-state index contributed by atoms with van der Waals surface area (Å²) in [7, 11) is 0. The largest absolute Gasteiger partial charge is 0.463 e. The molecule has 0 aliphatic rings. The lowest BCUT2D eigenvalue weighted by Gasteiger charge is -2.17. The van der Waals surface area contributed by atoms with Crippen molar-refractivity contribution >= 4 is 11.9 Å². The zero-order valence-electron chi connectivity index (χ0n) is 19.5. The van der Waals surface area contributed by atoms with Gasteiger partial charge in [0, 0.05) is 20.5 Å². The maximum Gasteiger partial charge on any atom is 0.302 e. The zero-order chi connectivity index (χ0) is 22.3. The maximum atomic E-state index is 10.9. The first-order chi connectivity index (χ1) is 14.6. The Bertz CT molecular complexity index is 452. The molecule has 5 heteroatoms. The molecule has 0 heterocycles. The van der Waals surface area contributed by atoms with Gasteiger partial charge in [0.15, 0.2) is 0 Å².